The Morgan fingerprint density at radius 1 is 1.08 bits per heavy atom. The van der Waals surface area contributed by atoms with Crippen LogP contribution in [-0.2, 0) is 0 Å². The van der Waals surface area contributed by atoms with Gasteiger partial charge in [0.15, 0.2) is 5.82 Å². The van der Waals surface area contributed by atoms with E-state index in [1.54, 1.807) is 29.3 Å². The SMILES string of the molecule is O=C(Nc1cccnc1-n1cccn1)c1ccc(C2SCCCS2)cc1. The molecular formula is C19H18N4OS2. The first-order valence-corrected chi connectivity index (χ1v) is 10.5. The first-order chi connectivity index (χ1) is 12.8. The molecule has 3 aromatic rings. The van der Waals surface area contributed by atoms with Crippen molar-refractivity contribution in [2.75, 3.05) is 16.8 Å². The molecule has 1 fully saturated rings. The summed E-state index contributed by atoms with van der Waals surface area (Å²) < 4.78 is 2.11. The van der Waals surface area contributed by atoms with Crippen LogP contribution in [0.4, 0.5) is 5.69 Å². The maximum absolute atomic E-state index is 12.6. The van der Waals surface area contributed by atoms with Crippen molar-refractivity contribution in [1.29, 1.82) is 0 Å². The van der Waals surface area contributed by atoms with E-state index in [9.17, 15) is 4.79 Å². The predicted molar refractivity (Wildman–Crippen MR) is 108 cm³/mol. The van der Waals surface area contributed by atoms with E-state index in [1.807, 2.05) is 47.8 Å². The minimum absolute atomic E-state index is 0.151. The fraction of sp³-hybridized carbons (Fsp3) is 0.211. The second-order valence-corrected chi connectivity index (χ2v) is 8.55. The molecule has 2 aromatic heterocycles. The van der Waals surface area contributed by atoms with Crippen molar-refractivity contribution in [3.63, 3.8) is 0 Å². The average molecular weight is 383 g/mol. The molecule has 1 aliphatic rings. The number of anilines is 1. The van der Waals surface area contributed by atoms with Crippen LogP contribution < -0.4 is 5.32 Å². The third-order valence-electron chi connectivity index (χ3n) is 4.03. The first kappa shape index (κ1) is 17.2. The molecule has 4 rings (SSSR count). The lowest BCUT2D eigenvalue weighted by molar-refractivity contribution is 0.102. The zero-order chi connectivity index (χ0) is 17.8. The van der Waals surface area contributed by atoms with Gasteiger partial charge in [0.2, 0.25) is 0 Å². The van der Waals surface area contributed by atoms with Gasteiger partial charge in [0, 0.05) is 24.2 Å². The summed E-state index contributed by atoms with van der Waals surface area (Å²) in [6.07, 6.45) is 6.43. The number of nitrogens with one attached hydrogen (secondary N) is 1. The number of carbonyl (C=O) groups is 1. The van der Waals surface area contributed by atoms with Gasteiger partial charge in [0.25, 0.3) is 5.91 Å². The zero-order valence-electron chi connectivity index (χ0n) is 14.0. The Balaban J connectivity index is 1.50. The van der Waals surface area contributed by atoms with Gasteiger partial charge in [-0.05, 0) is 53.8 Å². The number of hydrogen-bond acceptors (Lipinski definition) is 5. The van der Waals surface area contributed by atoms with Crippen molar-refractivity contribution in [1.82, 2.24) is 14.8 Å². The molecule has 3 heterocycles. The number of aromatic nitrogens is 3. The highest BCUT2D eigenvalue weighted by molar-refractivity contribution is 8.16. The molecule has 1 saturated heterocycles. The summed E-state index contributed by atoms with van der Waals surface area (Å²) >= 11 is 3.96. The number of carbonyl (C=O) groups excluding carboxylic acids is 1. The molecule has 132 valence electrons. The van der Waals surface area contributed by atoms with Gasteiger partial charge in [-0.2, -0.15) is 5.10 Å². The standard InChI is InChI=1S/C19H18N4OS2/c24-18(14-5-7-15(8-6-14)19-25-12-3-13-26-19)22-16-4-1-9-20-17(16)23-11-2-10-21-23/h1-2,4-11,19H,3,12-13H2,(H,22,24). The molecule has 1 N–H and O–H groups in total. The van der Waals surface area contributed by atoms with Crippen molar-refractivity contribution in [3.05, 3.63) is 72.2 Å². The highest BCUT2D eigenvalue weighted by atomic mass is 32.2. The van der Waals surface area contributed by atoms with Crippen molar-refractivity contribution >= 4 is 35.1 Å². The van der Waals surface area contributed by atoms with Crippen molar-refractivity contribution in [2.45, 2.75) is 11.0 Å². The molecule has 26 heavy (non-hydrogen) atoms. The molecule has 0 spiro atoms. The fourth-order valence-electron chi connectivity index (χ4n) is 2.74. The van der Waals surface area contributed by atoms with Gasteiger partial charge >= 0.3 is 0 Å². The third-order valence-corrected chi connectivity index (χ3v) is 7.04. The van der Waals surface area contributed by atoms with Gasteiger partial charge in [-0.1, -0.05) is 12.1 Å². The largest absolute Gasteiger partial charge is 0.319 e. The Morgan fingerprint density at radius 2 is 1.88 bits per heavy atom. The second-order valence-electron chi connectivity index (χ2n) is 5.83. The van der Waals surface area contributed by atoms with Crippen LogP contribution in [0.2, 0.25) is 0 Å². The molecule has 1 aliphatic heterocycles. The number of amides is 1. The third kappa shape index (κ3) is 3.78. The minimum Gasteiger partial charge on any atom is -0.319 e. The Morgan fingerprint density at radius 3 is 2.62 bits per heavy atom. The first-order valence-electron chi connectivity index (χ1n) is 8.41. The maximum atomic E-state index is 12.6. The van der Waals surface area contributed by atoms with E-state index in [4.69, 9.17) is 0 Å². The summed E-state index contributed by atoms with van der Waals surface area (Å²) in [7, 11) is 0. The molecule has 0 aliphatic carbocycles. The van der Waals surface area contributed by atoms with Gasteiger partial charge in [0.05, 0.1) is 10.3 Å². The van der Waals surface area contributed by atoms with Crippen LogP contribution in [0.25, 0.3) is 5.82 Å². The summed E-state index contributed by atoms with van der Waals surface area (Å²) in [4.78, 5) is 17.0. The Hall–Kier alpha value is -2.25. The molecule has 0 unspecified atom stereocenters. The van der Waals surface area contributed by atoms with Gasteiger partial charge in [-0.15, -0.1) is 23.5 Å². The summed E-state index contributed by atoms with van der Waals surface area (Å²) in [6.45, 7) is 0. The van der Waals surface area contributed by atoms with E-state index < -0.39 is 0 Å². The lowest BCUT2D eigenvalue weighted by Gasteiger charge is -2.21. The van der Waals surface area contributed by atoms with Gasteiger partial charge in [-0.3, -0.25) is 4.79 Å². The number of benzene rings is 1. The molecular weight excluding hydrogens is 364 g/mol. The minimum atomic E-state index is -0.151. The van der Waals surface area contributed by atoms with Crippen molar-refractivity contribution < 1.29 is 4.79 Å². The Labute approximate surface area is 160 Å². The number of nitrogens with zero attached hydrogens (tertiary/aromatic N) is 3. The van der Waals surface area contributed by atoms with E-state index in [0.29, 0.717) is 21.7 Å². The van der Waals surface area contributed by atoms with Gasteiger partial charge < -0.3 is 5.32 Å². The Kier molecular flexibility index (Phi) is 5.26. The van der Waals surface area contributed by atoms with Gasteiger partial charge in [-0.25, -0.2) is 9.67 Å². The summed E-state index contributed by atoms with van der Waals surface area (Å²) in [5.74, 6) is 2.85. The number of hydrogen-bond donors (Lipinski definition) is 1. The molecule has 7 heteroatoms. The molecule has 5 nitrogen and oxygen atoms in total. The number of pyridine rings is 1. The van der Waals surface area contributed by atoms with E-state index in [0.717, 1.165) is 0 Å². The van der Waals surface area contributed by atoms with Crippen LogP contribution in [0.1, 0.15) is 26.9 Å². The molecule has 0 atom stereocenters. The molecule has 1 aromatic carbocycles. The molecule has 0 bridgehead atoms. The summed E-state index contributed by atoms with van der Waals surface area (Å²) in [5, 5.41) is 7.13. The normalized spacial score (nSPS) is 14.9. The van der Waals surface area contributed by atoms with E-state index in [1.165, 1.54) is 23.5 Å². The molecule has 1 amide bonds. The van der Waals surface area contributed by atoms with Crippen LogP contribution >= 0.6 is 23.5 Å². The maximum Gasteiger partial charge on any atom is 0.255 e. The summed E-state index contributed by atoms with van der Waals surface area (Å²) in [6, 6.07) is 13.3. The molecule has 0 radical (unpaired) electrons. The summed E-state index contributed by atoms with van der Waals surface area (Å²) in [5.41, 5.74) is 2.54. The smallest absolute Gasteiger partial charge is 0.255 e. The second kappa shape index (κ2) is 7.97. The lowest BCUT2D eigenvalue weighted by atomic mass is 10.1. The lowest BCUT2D eigenvalue weighted by Crippen LogP contribution is -2.14. The van der Waals surface area contributed by atoms with Gasteiger partial charge in [0.1, 0.15) is 0 Å². The number of thioether (sulfide) groups is 2. The van der Waals surface area contributed by atoms with E-state index in [-0.39, 0.29) is 5.91 Å². The van der Waals surface area contributed by atoms with Crippen LogP contribution in [0.5, 0.6) is 0 Å². The van der Waals surface area contributed by atoms with Crippen LogP contribution in [0.15, 0.2) is 61.1 Å². The van der Waals surface area contributed by atoms with Crippen molar-refractivity contribution in [3.8, 4) is 5.82 Å². The monoisotopic (exact) mass is 382 g/mol. The van der Waals surface area contributed by atoms with Crippen LogP contribution in [0, 0.1) is 0 Å². The molecule has 0 saturated carbocycles. The van der Waals surface area contributed by atoms with E-state index >= 15 is 0 Å². The predicted octanol–water partition coefficient (Wildman–Crippen LogP) is 4.39. The Bertz CT molecular complexity index is 875. The quantitative estimate of drug-likeness (QED) is 0.725. The number of rotatable bonds is 4. The average Bonchev–Trinajstić information content (AvgIpc) is 3.24. The fourth-order valence-corrected chi connectivity index (χ4v) is 5.63. The highest BCUT2D eigenvalue weighted by Crippen LogP contribution is 2.43. The van der Waals surface area contributed by atoms with E-state index in [2.05, 4.69) is 27.5 Å². The van der Waals surface area contributed by atoms with Crippen LogP contribution in [-0.4, -0.2) is 32.2 Å². The topological polar surface area (TPSA) is 59.8 Å². The highest BCUT2D eigenvalue weighted by Gasteiger charge is 2.17. The van der Waals surface area contributed by atoms with Crippen LogP contribution in [0.3, 0.4) is 0 Å². The zero-order valence-corrected chi connectivity index (χ0v) is 15.7. The van der Waals surface area contributed by atoms with Crippen molar-refractivity contribution in [2.24, 2.45) is 0 Å².